The number of amides is 1. The van der Waals surface area contributed by atoms with Crippen LogP contribution in [0, 0.1) is 0 Å². The highest BCUT2D eigenvalue weighted by Gasteiger charge is 2.01. The van der Waals surface area contributed by atoms with E-state index in [0.29, 0.717) is 23.9 Å². The highest BCUT2D eigenvalue weighted by molar-refractivity contribution is 7.99. The van der Waals surface area contributed by atoms with Crippen molar-refractivity contribution >= 4 is 29.3 Å². The average molecular weight is 273 g/mol. The van der Waals surface area contributed by atoms with Crippen molar-refractivity contribution in [3.8, 4) is 0 Å². The lowest BCUT2D eigenvalue weighted by molar-refractivity contribution is -0.118. The molecule has 3 nitrogen and oxygen atoms in total. The lowest BCUT2D eigenvalue weighted by Crippen LogP contribution is -2.24. The zero-order valence-corrected chi connectivity index (χ0v) is 11.2. The Morgan fingerprint density at radius 2 is 2.06 bits per heavy atom. The smallest absolute Gasteiger partial charge is 0.230 e. The number of halogens is 1. The van der Waals surface area contributed by atoms with E-state index in [4.69, 9.17) is 17.3 Å². The zero-order chi connectivity index (χ0) is 12.5. The summed E-state index contributed by atoms with van der Waals surface area (Å²) in [5.41, 5.74) is 6.42. The van der Waals surface area contributed by atoms with Gasteiger partial charge in [-0.05, 0) is 36.4 Å². The summed E-state index contributed by atoms with van der Waals surface area (Å²) in [6, 6.07) is 7.45. The Bertz CT molecular complexity index is 343. The number of rotatable bonds is 7. The number of nitrogens with one attached hydrogen (secondary N) is 1. The van der Waals surface area contributed by atoms with Gasteiger partial charge in [0.15, 0.2) is 0 Å². The molecule has 0 heterocycles. The van der Waals surface area contributed by atoms with E-state index in [1.54, 1.807) is 11.8 Å². The van der Waals surface area contributed by atoms with Crippen molar-refractivity contribution in [2.75, 3.05) is 18.1 Å². The summed E-state index contributed by atoms with van der Waals surface area (Å²) < 4.78 is 0. The minimum atomic E-state index is 0.0574. The molecule has 0 spiro atoms. The van der Waals surface area contributed by atoms with Crippen LogP contribution in [0.5, 0.6) is 0 Å². The second-order valence-corrected chi connectivity index (χ2v) is 5.14. The van der Waals surface area contributed by atoms with Crippen LogP contribution >= 0.6 is 23.4 Å². The second-order valence-electron chi connectivity index (χ2n) is 3.60. The third kappa shape index (κ3) is 6.56. The number of thioether (sulfide) groups is 1. The molecule has 0 fully saturated rings. The molecule has 0 bridgehead atoms. The van der Waals surface area contributed by atoms with Gasteiger partial charge in [-0.1, -0.05) is 23.7 Å². The second kappa shape index (κ2) is 8.39. The maximum atomic E-state index is 11.5. The molecule has 0 atom stereocenters. The molecular formula is C12H17ClN2OS. The summed E-state index contributed by atoms with van der Waals surface area (Å²) in [4.78, 5) is 11.5. The van der Waals surface area contributed by atoms with Gasteiger partial charge in [-0.15, -0.1) is 0 Å². The summed E-state index contributed by atoms with van der Waals surface area (Å²) in [7, 11) is 0. The van der Waals surface area contributed by atoms with Crippen LogP contribution in [-0.2, 0) is 11.3 Å². The van der Waals surface area contributed by atoms with Gasteiger partial charge in [0, 0.05) is 11.6 Å². The summed E-state index contributed by atoms with van der Waals surface area (Å²) in [6.07, 6.45) is 0.954. The Morgan fingerprint density at radius 1 is 1.35 bits per heavy atom. The lowest BCUT2D eigenvalue weighted by atomic mass is 10.2. The van der Waals surface area contributed by atoms with Crippen molar-refractivity contribution in [1.82, 2.24) is 5.32 Å². The molecule has 0 radical (unpaired) electrons. The number of hydrogen-bond acceptors (Lipinski definition) is 3. The van der Waals surface area contributed by atoms with Crippen LogP contribution < -0.4 is 11.1 Å². The minimum absolute atomic E-state index is 0.0574. The first kappa shape index (κ1) is 14.4. The number of hydrogen-bond donors (Lipinski definition) is 2. The molecule has 0 aliphatic rings. The highest BCUT2D eigenvalue weighted by Crippen LogP contribution is 2.09. The van der Waals surface area contributed by atoms with Crippen LogP contribution in [0.2, 0.25) is 5.02 Å². The Morgan fingerprint density at radius 3 is 2.71 bits per heavy atom. The van der Waals surface area contributed by atoms with Crippen LogP contribution in [0.4, 0.5) is 0 Å². The monoisotopic (exact) mass is 272 g/mol. The van der Waals surface area contributed by atoms with Crippen molar-refractivity contribution in [3.63, 3.8) is 0 Å². The third-order valence-corrected chi connectivity index (χ3v) is 3.42. The number of nitrogens with two attached hydrogens (primary N) is 1. The predicted octanol–water partition coefficient (Wildman–Crippen LogP) is 2.04. The van der Waals surface area contributed by atoms with Crippen LogP contribution in [0.25, 0.3) is 0 Å². The summed E-state index contributed by atoms with van der Waals surface area (Å²) in [6.45, 7) is 1.23. The molecular weight excluding hydrogens is 256 g/mol. The van der Waals surface area contributed by atoms with E-state index in [1.807, 2.05) is 24.3 Å². The SMILES string of the molecule is NCCCSCC(=O)NCc1ccc(Cl)cc1. The van der Waals surface area contributed by atoms with Gasteiger partial charge >= 0.3 is 0 Å². The predicted molar refractivity (Wildman–Crippen MR) is 74.3 cm³/mol. The fraction of sp³-hybridized carbons (Fsp3) is 0.417. The van der Waals surface area contributed by atoms with Gasteiger partial charge in [-0.2, -0.15) is 11.8 Å². The Balaban J connectivity index is 2.17. The maximum Gasteiger partial charge on any atom is 0.230 e. The largest absolute Gasteiger partial charge is 0.351 e. The molecule has 1 aromatic rings. The van der Waals surface area contributed by atoms with E-state index in [9.17, 15) is 4.79 Å². The van der Waals surface area contributed by atoms with E-state index < -0.39 is 0 Å². The lowest BCUT2D eigenvalue weighted by Gasteiger charge is -2.05. The quantitative estimate of drug-likeness (QED) is 0.747. The summed E-state index contributed by atoms with van der Waals surface area (Å²) in [5, 5.41) is 3.57. The number of carbonyl (C=O) groups is 1. The molecule has 0 saturated heterocycles. The average Bonchev–Trinajstić information content (AvgIpc) is 2.34. The van der Waals surface area contributed by atoms with Gasteiger partial charge in [-0.25, -0.2) is 0 Å². The fourth-order valence-corrected chi connectivity index (χ4v) is 2.13. The van der Waals surface area contributed by atoms with E-state index in [2.05, 4.69) is 5.32 Å². The van der Waals surface area contributed by atoms with Gasteiger partial charge in [0.2, 0.25) is 5.91 Å². The van der Waals surface area contributed by atoms with Crippen LogP contribution in [0.3, 0.4) is 0 Å². The fourth-order valence-electron chi connectivity index (χ4n) is 1.20. The van der Waals surface area contributed by atoms with E-state index in [0.717, 1.165) is 17.7 Å². The molecule has 94 valence electrons. The first-order valence-corrected chi connectivity index (χ1v) is 7.04. The minimum Gasteiger partial charge on any atom is -0.351 e. The first-order chi connectivity index (χ1) is 8.22. The zero-order valence-electron chi connectivity index (χ0n) is 9.62. The maximum absolute atomic E-state index is 11.5. The molecule has 0 aliphatic carbocycles. The van der Waals surface area contributed by atoms with Gasteiger partial charge in [-0.3, -0.25) is 4.79 Å². The van der Waals surface area contributed by atoms with Crippen LogP contribution in [-0.4, -0.2) is 24.0 Å². The van der Waals surface area contributed by atoms with Gasteiger partial charge in [0.1, 0.15) is 0 Å². The molecule has 1 aromatic carbocycles. The molecule has 0 aromatic heterocycles. The molecule has 5 heteroatoms. The molecule has 0 aliphatic heterocycles. The Hall–Kier alpha value is -0.710. The van der Waals surface area contributed by atoms with Crippen molar-refractivity contribution < 1.29 is 4.79 Å². The third-order valence-electron chi connectivity index (χ3n) is 2.13. The Labute approximate surface area is 111 Å². The topological polar surface area (TPSA) is 55.1 Å². The van der Waals surface area contributed by atoms with Crippen LogP contribution in [0.15, 0.2) is 24.3 Å². The molecule has 17 heavy (non-hydrogen) atoms. The molecule has 0 unspecified atom stereocenters. The standard InChI is InChI=1S/C12H17ClN2OS/c13-11-4-2-10(3-5-11)8-15-12(16)9-17-7-1-6-14/h2-5H,1,6-9,14H2,(H,15,16). The van der Waals surface area contributed by atoms with E-state index in [-0.39, 0.29) is 5.91 Å². The van der Waals surface area contributed by atoms with Gasteiger partial charge < -0.3 is 11.1 Å². The molecule has 3 N–H and O–H groups in total. The van der Waals surface area contributed by atoms with E-state index in [1.165, 1.54) is 0 Å². The van der Waals surface area contributed by atoms with Crippen molar-refractivity contribution in [2.24, 2.45) is 5.73 Å². The van der Waals surface area contributed by atoms with Gasteiger partial charge in [0.05, 0.1) is 5.75 Å². The number of carbonyl (C=O) groups excluding carboxylic acids is 1. The summed E-state index contributed by atoms with van der Waals surface area (Å²) >= 11 is 7.38. The highest BCUT2D eigenvalue weighted by atomic mass is 35.5. The summed E-state index contributed by atoms with van der Waals surface area (Å²) in [5.74, 6) is 1.49. The Kier molecular flexibility index (Phi) is 7.08. The normalized spacial score (nSPS) is 10.2. The van der Waals surface area contributed by atoms with E-state index >= 15 is 0 Å². The first-order valence-electron chi connectivity index (χ1n) is 5.51. The molecule has 1 amide bonds. The molecule has 0 saturated carbocycles. The van der Waals surface area contributed by atoms with Crippen molar-refractivity contribution in [1.29, 1.82) is 0 Å². The van der Waals surface area contributed by atoms with Crippen LogP contribution in [0.1, 0.15) is 12.0 Å². The van der Waals surface area contributed by atoms with Gasteiger partial charge in [0.25, 0.3) is 0 Å². The van der Waals surface area contributed by atoms with Crippen molar-refractivity contribution in [3.05, 3.63) is 34.9 Å². The number of benzene rings is 1. The van der Waals surface area contributed by atoms with Crippen molar-refractivity contribution in [2.45, 2.75) is 13.0 Å². The molecule has 1 rings (SSSR count).